The van der Waals surface area contributed by atoms with E-state index in [0.717, 1.165) is 0 Å². The van der Waals surface area contributed by atoms with E-state index >= 15 is 0 Å². The van der Waals surface area contributed by atoms with E-state index in [4.69, 9.17) is 22.4 Å². The fraction of sp³-hybridized carbons (Fsp3) is 0.182. The van der Waals surface area contributed by atoms with Gasteiger partial charge in [-0.1, -0.05) is 17.7 Å². The van der Waals surface area contributed by atoms with Gasteiger partial charge in [0.2, 0.25) is 5.91 Å². The van der Waals surface area contributed by atoms with Gasteiger partial charge < -0.3 is 16.2 Å². The number of primary amides is 1. The molecule has 0 aliphatic heterocycles. The molecule has 0 atom stereocenters. The van der Waals surface area contributed by atoms with Crippen molar-refractivity contribution in [3.8, 4) is 0 Å². The van der Waals surface area contributed by atoms with Gasteiger partial charge in [0.05, 0.1) is 22.7 Å². The van der Waals surface area contributed by atoms with E-state index in [1.54, 1.807) is 0 Å². The lowest BCUT2D eigenvalue weighted by Gasteiger charge is -2.10. The van der Waals surface area contributed by atoms with E-state index in [1.807, 2.05) is 0 Å². The van der Waals surface area contributed by atoms with E-state index in [0.29, 0.717) is 0 Å². The minimum atomic E-state index is -1.08. The summed E-state index contributed by atoms with van der Waals surface area (Å²) in [4.78, 5) is 32.9. The Labute approximate surface area is 108 Å². The second-order valence-electron chi connectivity index (χ2n) is 3.47. The number of nitrogens with two attached hydrogens (primary N) is 1. The molecule has 1 aromatic carbocycles. The first-order valence-corrected chi connectivity index (χ1v) is 5.39. The van der Waals surface area contributed by atoms with Crippen LogP contribution in [0.3, 0.4) is 0 Å². The summed E-state index contributed by atoms with van der Waals surface area (Å²) in [7, 11) is 0. The van der Waals surface area contributed by atoms with Gasteiger partial charge in [-0.3, -0.25) is 14.4 Å². The van der Waals surface area contributed by atoms with Gasteiger partial charge in [-0.2, -0.15) is 0 Å². The third-order valence-corrected chi connectivity index (χ3v) is 2.42. The Morgan fingerprint density at radius 2 is 1.94 bits per heavy atom. The van der Waals surface area contributed by atoms with Gasteiger partial charge >= 0.3 is 5.97 Å². The van der Waals surface area contributed by atoms with Crippen molar-refractivity contribution in [3.63, 3.8) is 0 Å². The number of carboxylic acids is 1. The zero-order valence-corrected chi connectivity index (χ0v) is 10.0. The fourth-order valence-electron chi connectivity index (χ4n) is 1.28. The summed E-state index contributed by atoms with van der Waals surface area (Å²) >= 11 is 5.84. The minimum Gasteiger partial charge on any atom is -0.481 e. The van der Waals surface area contributed by atoms with Crippen molar-refractivity contribution in [1.82, 2.24) is 0 Å². The van der Waals surface area contributed by atoms with Crippen molar-refractivity contribution in [3.05, 3.63) is 28.8 Å². The zero-order valence-electron chi connectivity index (χ0n) is 9.27. The quantitative estimate of drug-likeness (QED) is 0.748. The topological polar surface area (TPSA) is 109 Å². The average Bonchev–Trinajstić information content (AvgIpc) is 2.28. The number of anilines is 1. The Balaban J connectivity index is 2.86. The number of rotatable bonds is 5. The number of carboxylic acid groups (broad SMARTS) is 1. The summed E-state index contributed by atoms with van der Waals surface area (Å²) in [5, 5.41) is 11.0. The standard InChI is InChI=1S/C11H11ClN2O4/c12-7-3-1-2-6(11(13)18)10(7)14-8(15)4-5-9(16)17/h1-3H,4-5H2,(H2,13,18)(H,14,15)(H,16,17). The first-order valence-electron chi connectivity index (χ1n) is 5.01. The Hall–Kier alpha value is -2.08. The Morgan fingerprint density at radius 1 is 1.28 bits per heavy atom. The molecule has 0 saturated carbocycles. The molecule has 0 radical (unpaired) electrons. The molecule has 0 aromatic heterocycles. The molecule has 6 nitrogen and oxygen atoms in total. The van der Waals surface area contributed by atoms with Crippen molar-refractivity contribution in [1.29, 1.82) is 0 Å². The fourth-order valence-corrected chi connectivity index (χ4v) is 1.50. The molecule has 0 fully saturated rings. The number of hydrogen-bond donors (Lipinski definition) is 3. The normalized spacial score (nSPS) is 9.83. The Kier molecular flexibility index (Phi) is 4.67. The van der Waals surface area contributed by atoms with Crippen LogP contribution in [0, 0.1) is 0 Å². The molecular weight excluding hydrogens is 260 g/mol. The predicted octanol–water partition coefficient (Wildman–Crippen LogP) is 1.24. The summed E-state index contributed by atoms with van der Waals surface area (Å²) in [5.74, 6) is -2.36. The van der Waals surface area contributed by atoms with Crippen molar-refractivity contribution in [2.75, 3.05) is 5.32 Å². The summed E-state index contributed by atoms with van der Waals surface area (Å²) in [6, 6.07) is 4.43. The van der Waals surface area contributed by atoms with Crippen LogP contribution in [0.5, 0.6) is 0 Å². The highest BCUT2D eigenvalue weighted by Gasteiger charge is 2.14. The number of halogens is 1. The van der Waals surface area contributed by atoms with E-state index in [1.165, 1.54) is 18.2 Å². The molecule has 96 valence electrons. The van der Waals surface area contributed by atoms with Crippen LogP contribution < -0.4 is 11.1 Å². The number of nitrogens with one attached hydrogen (secondary N) is 1. The highest BCUT2D eigenvalue weighted by molar-refractivity contribution is 6.34. The first kappa shape index (κ1) is 14.0. The van der Waals surface area contributed by atoms with Crippen LogP contribution >= 0.6 is 11.6 Å². The van der Waals surface area contributed by atoms with Crippen LogP contribution in [0.2, 0.25) is 5.02 Å². The summed E-state index contributed by atoms with van der Waals surface area (Å²) in [6.45, 7) is 0. The monoisotopic (exact) mass is 270 g/mol. The lowest BCUT2D eigenvalue weighted by Crippen LogP contribution is -2.19. The maximum atomic E-state index is 11.5. The van der Waals surface area contributed by atoms with Crippen LogP contribution in [-0.2, 0) is 9.59 Å². The first-order chi connectivity index (χ1) is 8.41. The number of carbonyl (C=O) groups is 3. The highest BCUT2D eigenvalue weighted by Crippen LogP contribution is 2.25. The molecule has 0 spiro atoms. The minimum absolute atomic E-state index is 0.0752. The molecule has 1 aromatic rings. The van der Waals surface area contributed by atoms with Gasteiger partial charge in [0.1, 0.15) is 0 Å². The van der Waals surface area contributed by atoms with Crippen LogP contribution in [0.1, 0.15) is 23.2 Å². The van der Waals surface area contributed by atoms with Gasteiger partial charge in [-0.25, -0.2) is 0 Å². The van der Waals surface area contributed by atoms with E-state index in [2.05, 4.69) is 5.32 Å². The zero-order chi connectivity index (χ0) is 13.7. The third kappa shape index (κ3) is 3.74. The number of para-hydroxylation sites is 1. The average molecular weight is 271 g/mol. The summed E-state index contributed by atoms with van der Waals surface area (Å²) in [5.41, 5.74) is 5.31. The predicted molar refractivity (Wildman–Crippen MR) is 65.5 cm³/mol. The Morgan fingerprint density at radius 3 is 2.50 bits per heavy atom. The second kappa shape index (κ2) is 6.02. The molecule has 1 rings (SSSR count). The molecule has 7 heteroatoms. The molecule has 0 bridgehead atoms. The molecule has 0 unspecified atom stereocenters. The van der Waals surface area contributed by atoms with Crippen LogP contribution in [0.25, 0.3) is 0 Å². The van der Waals surface area contributed by atoms with Crippen LogP contribution in [-0.4, -0.2) is 22.9 Å². The number of amides is 2. The number of hydrogen-bond acceptors (Lipinski definition) is 3. The lowest BCUT2D eigenvalue weighted by atomic mass is 10.1. The SMILES string of the molecule is NC(=O)c1cccc(Cl)c1NC(=O)CCC(=O)O. The van der Waals surface area contributed by atoms with Crippen molar-refractivity contribution < 1.29 is 19.5 Å². The van der Waals surface area contributed by atoms with E-state index in [-0.39, 0.29) is 29.1 Å². The Bertz CT molecular complexity index is 502. The maximum absolute atomic E-state index is 11.5. The molecule has 0 heterocycles. The van der Waals surface area contributed by atoms with E-state index < -0.39 is 17.8 Å². The number of benzene rings is 1. The van der Waals surface area contributed by atoms with Gasteiger partial charge in [0.15, 0.2) is 0 Å². The summed E-state index contributed by atoms with van der Waals surface area (Å²) < 4.78 is 0. The molecule has 2 amide bonds. The molecule has 0 saturated heterocycles. The maximum Gasteiger partial charge on any atom is 0.303 e. The van der Waals surface area contributed by atoms with Gasteiger partial charge in [0.25, 0.3) is 5.91 Å². The van der Waals surface area contributed by atoms with Gasteiger partial charge in [-0.15, -0.1) is 0 Å². The number of aliphatic carboxylic acids is 1. The van der Waals surface area contributed by atoms with Crippen molar-refractivity contribution in [2.24, 2.45) is 5.73 Å². The smallest absolute Gasteiger partial charge is 0.303 e. The summed E-state index contributed by atoms with van der Waals surface area (Å²) in [6.07, 6.45) is -0.513. The van der Waals surface area contributed by atoms with Crippen LogP contribution in [0.4, 0.5) is 5.69 Å². The van der Waals surface area contributed by atoms with Crippen LogP contribution in [0.15, 0.2) is 18.2 Å². The van der Waals surface area contributed by atoms with Crippen molar-refractivity contribution in [2.45, 2.75) is 12.8 Å². The van der Waals surface area contributed by atoms with Gasteiger partial charge in [0, 0.05) is 6.42 Å². The van der Waals surface area contributed by atoms with E-state index in [9.17, 15) is 14.4 Å². The van der Waals surface area contributed by atoms with Crippen molar-refractivity contribution >= 4 is 35.1 Å². The lowest BCUT2D eigenvalue weighted by molar-refractivity contribution is -0.138. The molecule has 0 aliphatic carbocycles. The molecular formula is C11H11ClN2O4. The largest absolute Gasteiger partial charge is 0.481 e. The second-order valence-corrected chi connectivity index (χ2v) is 3.88. The molecule has 4 N–H and O–H groups in total. The molecule has 0 aliphatic rings. The number of carbonyl (C=O) groups excluding carboxylic acids is 2. The molecule has 18 heavy (non-hydrogen) atoms. The highest BCUT2D eigenvalue weighted by atomic mass is 35.5. The third-order valence-electron chi connectivity index (χ3n) is 2.11. The van der Waals surface area contributed by atoms with Gasteiger partial charge in [-0.05, 0) is 12.1 Å².